The molecule has 64 valence electrons. The predicted molar refractivity (Wildman–Crippen MR) is 51.0 cm³/mol. The van der Waals surface area contributed by atoms with Gasteiger partial charge in [-0.25, -0.2) is 9.97 Å². The second kappa shape index (κ2) is 3.11. The first-order valence-corrected chi connectivity index (χ1v) is 5.23. The summed E-state index contributed by atoms with van der Waals surface area (Å²) in [5, 5.41) is 1.26. The summed E-state index contributed by atoms with van der Waals surface area (Å²) in [7, 11) is 0. The normalized spacial score (nSPS) is 15.0. The van der Waals surface area contributed by atoms with E-state index in [1.165, 1.54) is 11.8 Å². The molecule has 12 heavy (non-hydrogen) atoms. The molecule has 1 aromatic rings. The zero-order chi connectivity index (χ0) is 8.55. The number of anilines is 1. The van der Waals surface area contributed by atoms with Crippen molar-refractivity contribution >= 4 is 29.2 Å². The van der Waals surface area contributed by atoms with Gasteiger partial charge in [0.15, 0.2) is 5.16 Å². The third kappa shape index (κ3) is 1.64. The summed E-state index contributed by atoms with van der Waals surface area (Å²) in [6.07, 6.45) is 1.94. The Hall–Kier alpha value is -0.480. The van der Waals surface area contributed by atoms with Gasteiger partial charge in [0.25, 0.3) is 0 Å². The van der Waals surface area contributed by atoms with Crippen LogP contribution in [0.4, 0.5) is 5.82 Å². The van der Waals surface area contributed by atoms with E-state index in [1.54, 1.807) is 6.07 Å². The molecule has 1 aliphatic rings. The molecule has 0 unspecified atom stereocenters. The Kier molecular flexibility index (Phi) is 2.11. The highest BCUT2D eigenvalue weighted by Gasteiger charge is 2.20. The topological polar surface area (TPSA) is 28.8 Å². The number of thioether (sulfide) groups is 1. The van der Waals surface area contributed by atoms with Crippen molar-refractivity contribution in [2.24, 2.45) is 0 Å². The van der Waals surface area contributed by atoms with Crippen molar-refractivity contribution in [1.82, 2.24) is 9.97 Å². The van der Waals surface area contributed by atoms with Gasteiger partial charge in [0.2, 0.25) is 0 Å². The quantitative estimate of drug-likeness (QED) is 0.315. The number of aromatic nitrogens is 2. The summed E-state index contributed by atoms with van der Waals surface area (Å²) in [5.41, 5.74) is 0. The number of hydrogen-bond donors (Lipinski definition) is 0. The molecule has 0 amide bonds. The minimum atomic E-state index is 0.524. The van der Waals surface area contributed by atoms with Gasteiger partial charge in [-0.1, -0.05) is 23.4 Å². The molecule has 0 aromatic carbocycles. The van der Waals surface area contributed by atoms with Crippen LogP contribution < -0.4 is 4.90 Å². The summed E-state index contributed by atoms with van der Waals surface area (Å²) < 4.78 is 0. The van der Waals surface area contributed by atoms with Crippen LogP contribution >= 0.6 is 23.4 Å². The maximum Gasteiger partial charge on any atom is 0.190 e. The van der Waals surface area contributed by atoms with Crippen LogP contribution in [0.15, 0.2) is 11.2 Å². The van der Waals surface area contributed by atoms with Crippen molar-refractivity contribution in [1.29, 1.82) is 0 Å². The third-order valence-electron chi connectivity index (χ3n) is 1.61. The van der Waals surface area contributed by atoms with Gasteiger partial charge in [-0.2, -0.15) is 0 Å². The van der Waals surface area contributed by atoms with E-state index in [0.717, 1.165) is 24.1 Å². The molecule has 0 bridgehead atoms. The van der Waals surface area contributed by atoms with Crippen LogP contribution in [0.2, 0.25) is 5.15 Å². The van der Waals surface area contributed by atoms with Crippen LogP contribution in [0.5, 0.6) is 0 Å². The molecule has 5 heteroatoms. The number of halogens is 1. The highest BCUT2D eigenvalue weighted by Crippen LogP contribution is 2.23. The van der Waals surface area contributed by atoms with Gasteiger partial charge in [-0.15, -0.1) is 0 Å². The molecule has 1 aromatic heterocycles. The van der Waals surface area contributed by atoms with Crippen LogP contribution in [-0.2, 0) is 0 Å². The Morgan fingerprint density at radius 3 is 2.83 bits per heavy atom. The summed E-state index contributed by atoms with van der Waals surface area (Å²) in [5.74, 6) is 0.944. The number of hydrogen-bond acceptors (Lipinski definition) is 4. The highest BCUT2D eigenvalue weighted by molar-refractivity contribution is 7.98. The molecule has 3 nitrogen and oxygen atoms in total. The fraction of sp³-hybridized carbons (Fsp3) is 0.429. The van der Waals surface area contributed by atoms with Crippen molar-refractivity contribution < 1.29 is 0 Å². The first-order valence-electron chi connectivity index (χ1n) is 3.63. The Bertz CT molecular complexity index is 301. The zero-order valence-corrected chi connectivity index (χ0v) is 8.19. The van der Waals surface area contributed by atoms with E-state index in [2.05, 4.69) is 14.9 Å². The van der Waals surface area contributed by atoms with E-state index in [9.17, 15) is 0 Å². The van der Waals surface area contributed by atoms with Gasteiger partial charge < -0.3 is 4.90 Å². The lowest BCUT2D eigenvalue weighted by atomic mass is 10.6. The van der Waals surface area contributed by atoms with E-state index in [1.807, 2.05) is 6.26 Å². The molecule has 1 saturated heterocycles. The van der Waals surface area contributed by atoms with E-state index in [4.69, 9.17) is 11.6 Å². The molecule has 0 atom stereocenters. The van der Waals surface area contributed by atoms with E-state index < -0.39 is 0 Å². The molecular formula is C7H8ClN3S. The van der Waals surface area contributed by atoms with Crippen molar-refractivity contribution in [3.8, 4) is 0 Å². The summed E-state index contributed by atoms with van der Waals surface area (Å²) in [6.45, 7) is 2.17. The van der Waals surface area contributed by atoms with Crippen LogP contribution in [-0.4, -0.2) is 29.3 Å². The van der Waals surface area contributed by atoms with Crippen molar-refractivity contribution in [3.05, 3.63) is 11.2 Å². The molecule has 2 heterocycles. The summed E-state index contributed by atoms with van der Waals surface area (Å²) in [6, 6.07) is 1.80. The fourth-order valence-electron chi connectivity index (χ4n) is 0.918. The van der Waals surface area contributed by atoms with Crippen molar-refractivity contribution in [2.45, 2.75) is 5.16 Å². The second-order valence-electron chi connectivity index (χ2n) is 2.52. The smallest absolute Gasteiger partial charge is 0.190 e. The standard InChI is InChI=1S/C7H8ClN3S/c1-12-7-9-5(8)4-6(10-7)11-2-3-11/h4H,2-3H2,1H3. The van der Waals surface area contributed by atoms with Crippen LogP contribution in [0.25, 0.3) is 0 Å². The van der Waals surface area contributed by atoms with E-state index in [-0.39, 0.29) is 0 Å². The van der Waals surface area contributed by atoms with Crippen molar-refractivity contribution in [3.63, 3.8) is 0 Å². The van der Waals surface area contributed by atoms with Gasteiger partial charge in [-0.05, 0) is 6.26 Å². The Morgan fingerprint density at radius 1 is 1.50 bits per heavy atom. The first-order chi connectivity index (χ1) is 5.79. The van der Waals surface area contributed by atoms with Gasteiger partial charge in [0.1, 0.15) is 11.0 Å². The molecule has 1 aliphatic heterocycles. The van der Waals surface area contributed by atoms with Gasteiger partial charge in [0, 0.05) is 19.2 Å². The lowest BCUT2D eigenvalue weighted by molar-refractivity contribution is 0.961. The summed E-state index contributed by atoms with van der Waals surface area (Å²) >= 11 is 7.32. The Morgan fingerprint density at radius 2 is 2.25 bits per heavy atom. The second-order valence-corrected chi connectivity index (χ2v) is 3.68. The van der Waals surface area contributed by atoms with Crippen LogP contribution in [0.1, 0.15) is 0 Å². The average Bonchev–Trinajstić information content (AvgIpc) is 2.85. The number of rotatable bonds is 2. The van der Waals surface area contributed by atoms with Gasteiger partial charge >= 0.3 is 0 Å². The average molecular weight is 202 g/mol. The SMILES string of the molecule is CSc1nc(Cl)cc(N2CC2)n1. The molecule has 0 N–H and O–H groups in total. The molecule has 0 radical (unpaired) electrons. The van der Waals surface area contributed by atoms with Crippen LogP contribution in [0, 0.1) is 0 Å². The Labute approximate surface area is 80.1 Å². The fourth-order valence-corrected chi connectivity index (χ4v) is 1.52. The van der Waals surface area contributed by atoms with Gasteiger partial charge in [-0.3, -0.25) is 0 Å². The van der Waals surface area contributed by atoms with Crippen LogP contribution in [0.3, 0.4) is 0 Å². The number of nitrogens with zero attached hydrogens (tertiary/aromatic N) is 3. The highest BCUT2D eigenvalue weighted by atomic mass is 35.5. The minimum absolute atomic E-state index is 0.524. The summed E-state index contributed by atoms with van der Waals surface area (Å²) in [4.78, 5) is 10.5. The largest absolute Gasteiger partial charge is 0.353 e. The zero-order valence-electron chi connectivity index (χ0n) is 6.62. The molecule has 0 saturated carbocycles. The Balaban J connectivity index is 2.34. The van der Waals surface area contributed by atoms with E-state index in [0.29, 0.717) is 5.15 Å². The lowest BCUT2D eigenvalue weighted by Crippen LogP contribution is -1.97. The maximum atomic E-state index is 5.81. The van der Waals surface area contributed by atoms with Gasteiger partial charge in [0.05, 0.1) is 0 Å². The predicted octanol–water partition coefficient (Wildman–Crippen LogP) is 1.67. The minimum Gasteiger partial charge on any atom is -0.353 e. The maximum absolute atomic E-state index is 5.81. The van der Waals surface area contributed by atoms with E-state index >= 15 is 0 Å². The third-order valence-corrected chi connectivity index (χ3v) is 2.36. The molecule has 1 fully saturated rings. The molecule has 0 aliphatic carbocycles. The molecule has 2 rings (SSSR count). The molecule has 0 spiro atoms. The monoisotopic (exact) mass is 201 g/mol. The lowest BCUT2D eigenvalue weighted by Gasteiger charge is -2.02. The van der Waals surface area contributed by atoms with Crippen molar-refractivity contribution in [2.75, 3.05) is 24.2 Å². The first kappa shape index (κ1) is 8.13. The molecular weight excluding hydrogens is 194 g/mol.